The topological polar surface area (TPSA) is 98.8 Å². The number of hydrogen-bond donors (Lipinski definition) is 2. The summed E-state index contributed by atoms with van der Waals surface area (Å²) in [6.07, 6.45) is -4.37. The second-order valence-electron chi connectivity index (χ2n) is 11.3. The normalized spacial score (nSPS) is 19.5. The Morgan fingerprint density at radius 2 is 1.67 bits per heavy atom. The largest absolute Gasteiger partial charge is 0.416 e. The van der Waals surface area contributed by atoms with Crippen LogP contribution in [0.4, 0.5) is 17.6 Å². The molecule has 2 atom stereocenters. The van der Waals surface area contributed by atoms with Gasteiger partial charge in [-0.25, -0.2) is 4.39 Å². The monoisotopic (exact) mass is 590 g/mol. The van der Waals surface area contributed by atoms with Crippen molar-refractivity contribution in [3.63, 3.8) is 0 Å². The van der Waals surface area contributed by atoms with E-state index in [1.54, 1.807) is 13.8 Å². The molecule has 4 rings (SSSR count). The van der Waals surface area contributed by atoms with Gasteiger partial charge >= 0.3 is 6.18 Å². The maximum atomic E-state index is 14.3. The van der Waals surface area contributed by atoms with Gasteiger partial charge in [0.2, 0.25) is 17.7 Å². The van der Waals surface area contributed by atoms with E-state index in [0.717, 1.165) is 10.5 Å². The average molecular weight is 591 g/mol. The van der Waals surface area contributed by atoms with Gasteiger partial charge in [-0.1, -0.05) is 38.1 Å². The Hall–Kier alpha value is -3.80. The summed E-state index contributed by atoms with van der Waals surface area (Å²) in [7, 11) is 3.28. The molecule has 0 bridgehead atoms. The summed E-state index contributed by atoms with van der Waals surface area (Å²) in [5, 5.41) is 5.47. The molecule has 0 saturated carbocycles. The SMILES string of the molecule is CNCc1ccc(C2C(=O)N(C)C(=O)C23CCN(C(=O)[C@H](NC(=O)c2cc(C(F)(F)F)ccc2F)C(C)C)CC3)cc1. The van der Waals surface area contributed by atoms with Gasteiger partial charge in [0.15, 0.2) is 0 Å². The molecule has 2 fully saturated rings. The molecule has 2 aliphatic rings. The number of halogens is 4. The molecular formula is C30H34F4N4O4. The summed E-state index contributed by atoms with van der Waals surface area (Å²) >= 11 is 0. The number of nitrogens with one attached hydrogen (secondary N) is 2. The molecule has 2 aromatic rings. The van der Waals surface area contributed by atoms with E-state index in [0.29, 0.717) is 30.3 Å². The van der Waals surface area contributed by atoms with E-state index in [1.807, 2.05) is 31.3 Å². The molecule has 1 spiro atoms. The van der Waals surface area contributed by atoms with Crippen LogP contribution in [0.1, 0.15) is 59.7 Å². The first-order valence-electron chi connectivity index (χ1n) is 13.7. The number of rotatable bonds is 7. The van der Waals surface area contributed by atoms with Crippen molar-refractivity contribution in [1.82, 2.24) is 20.4 Å². The number of piperidine rings is 1. The van der Waals surface area contributed by atoms with Gasteiger partial charge in [-0.05, 0) is 55.1 Å². The van der Waals surface area contributed by atoms with Gasteiger partial charge in [-0.2, -0.15) is 13.2 Å². The molecule has 2 heterocycles. The van der Waals surface area contributed by atoms with E-state index < -0.39 is 58.2 Å². The number of nitrogens with zero attached hydrogens (tertiary/aromatic N) is 2. The first-order valence-corrected chi connectivity index (χ1v) is 13.7. The van der Waals surface area contributed by atoms with E-state index in [1.165, 1.54) is 11.9 Å². The van der Waals surface area contributed by atoms with Crippen molar-refractivity contribution in [2.45, 2.75) is 51.4 Å². The van der Waals surface area contributed by atoms with Crippen molar-refractivity contribution in [2.75, 3.05) is 27.2 Å². The first-order chi connectivity index (χ1) is 19.7. The van der Waals surface area contributed by atoms with Crippen LogP contribution >= 0.6 is 0 Å². The summed E-state index contributed by atoms with van der Waals surface area (Å²) in [6.45, 7) is 4.19. The van der Waals surface area contributed by atoms with Crippen molar-refractivity contribution < 1.29 is 36.7 Å². The summed E-state index contributed by atoms with van der Waals surface area (Å²) < 4.78 is 53.8. The smallest absolute Gasteiger partial charge is 0.341 e. The Kier molecular flexibility index (Phi) is 8.77. The van der Waals surface area contributed by atoms with E-state index in [9.17, 15) is 36.7 Å². The van der Waals surface area contributed by atoms with E-state index in [4.69, 9.17) is 0 Å². The Labute approximate surface area is 241 Å². The van der Waals surface area contributed by atoms with E-state index in [2.05, 4.69) is 10.6 Å². The molecule has 0 radical (unpaired) electrons. The van der Waals surface area contributed by atoms with Crippen LogP contribution < -0.4 is 10.6 Å². The molecule has 0 aromatic heterocycles. The minimum Gasteiger partial charge on any atom is -0.341 e. The molecule has 226 valence electrons. The van der Waals surface area contributed by atoms with Crippen LogP contribution in [0.3, 0.4) is 0 Å². The molecule has 2 saturated heterocycles. The van der Waals surface area contributed by atoms with Crippen molar-refractivity contribution in [1.29, 1.82) is 0 Å². The van der Waals surface area contributed by atoms with Gasteiger partial charge < -0.3 is 15.5 Å². The number of benzene rings is 2. The highest BCUT2D eigenvalue weighted by Gasteiger charge is 2.59. The zero-order valence-electron chi connectivity index (χ0n) is 23.8. The Balaban J connectivity index is 1.52. The maximum Gasteiger partial charge on any atom is 0.416 e. The number of likely N-dealkylation sites (tertiary alicyclic amines) is 2. The minimum absolute atomic E-state index is 0.122. The van der Waals surface area contributed by atoms with Gasteiger partial charge in [-0.3, -0.25) is 24.1 Å². The van der Waals surface area contributed by atoms with Crippen molar-refractivity contribution in [2.24, 2.45) is 11.3 Å². The van der Waals surface area contributed by atoms with Crippen LogP contribution in [0.2, 0.25) is 0 Å². The molecule has 0 aliphatic carbocycles. The predicted molar refractivity (Wildman–Crippen MR) is 145 cm³/mol. The summed E-state index contributed by atoms with van der Waals surface area (Å²) in [5.74, 6) is -4.59. The lowest BCUT2D eigenvalue weighted by Gasteiger charge is -2.41. The number of likely N-dealkylation sites (N-methyl/N-ethyl adjacent to an activating group) is 1. The summed E-state index contributed by atoms with van der Waals surface area (Å²) in [4.78, 5) is 55.7. The second kappa shape index (κ2) is 11.8. The zero-order chi connectivity index (χ0) is 31.0. The second-order valence-corrected chi connectivity index (χ2v) is 11.3. The van der Waals surface area contributed by atoms with Gasteiger partial charge in [-0.15, -0.1) is 0 Å². The average Bonchev–Trinajstić information content (AvgIpc) is 3.12. The van der Waals surface area contributed by atoms with Crippen LogP contribution in [0.25, 0.3) is 0 Å². The Morgan fingerprint density at radius 3 is 2.21 bits per heavy atom. The minimum atomic E-state index is -4.78. The fourth-order valence-electron chi connectivity index (χ4n) is 5.91. The van der Waals surface area contributed by atoms with Gasteiger partial charge in [0.1, 0.15) is 11.9 Å². The van der Waals surface area contributed by atoms with Gasteiger partial charge in [0, 0.05) is 26.7 Å². The fourth-order valence-corrected chi connectivity index (χ4v) is 5.91. The molecule has 4 amide bonds. The van der Waals surface area contributed by atoms with Gasteiger partial charge in [0.25, 0.3) is 5.91 Å². The highest BCUT2D eigenvalue weighted by Crippen LogP contribution is 2.51. The molecule has 1 unspecified atom stereocenters. The summed E-state index contributed by atoms with van der Waals surface area (Å²) in [6, 6.07) is 7.86. The molecule has 2 aliphatic heterocycles. The Morgan fingerprint density at radius 1 is 1.05 bits per heavy atom. The fraction of sp³-hybridized carbons (Fsp3) is 0.467. The number of carbonyl (C=O) groups is 4. The Bertz CT molecular complexity index is 1370. The third-order valence-corrected chi connectivity index (χ3v) is 8.28. The number of carbonyl (C=O) groups excluding carboxylic acids is 4. The number of amides is 4. The van der Waals surface area contributed by atoms with Crippen LogP contribution in [0.15, 0.2) is 42.5 Å². The molecular weight excluding hydrogens is 556 g/mol. The standard InChI is InChI=1S/C30H34F4N4O4/c1-17(2)24(36-25(39)21-15-20(30(32,33)34)9-10-22(21)31)27(41)38-13-11-29(12-14-38)23(26(40)37(4)28(29)42)19-7-5-18(6-8-19)16-35-3/h5-10,15,17,23-24,35H,11-14,16H2,1-4H3,(H,36,39)/t23?,24-/m1/s1. The molecule has 12 heteroatoms. The quantitative estimate of drug-likeness (QED) is 0.379. The van der Waals surface area contributed by atoms with Crippen molar-refractivity contribution >= 4 is 23.6 Å². The van der Waals surface area contributed by atoms with Crippen LogP contribution in [0.5, 0.6) is 0 Å². The molecule has 42 heavy (non-hydrogen) atoms. The highest BCUT2D eigenvalue weighted by atomic mass is 19.4. The number of imide groups is 1. The number of alkyl halides is 3. The lowest BCUT2D eigenvalue weighted by atomic mass is 9.67. The molecule has 8 nitrogen and oxygen atoms in total. The van der Waals surface area contributed by atoms with Gasteiger partial charge in [0.05, 0.1) is 22.5 Å². The van der Waals surface area contributed by atoms with E-state index >= 15 is 0 Å². The maximum absolute atomic E-state index is 14.3. The zero-order valence-corrected chi connectivity index (χ0v) is 23.8. The molecule has 2 N–H and O–H groups in total. The van der Waals surface area contributed by atoms with Crippen molar-refractivity contribution in [3.05, 3.63) is 70.5 Å². The van der Waals surface area contributed by atoms with Crippen LogP contribution in [-0.2, 0) is 27.1 Å². The lowest BCUT2D eigenvalue weighted by molar-refractivity contribution is -0.144. The highest BCUT2D eigenvalue weighted by molar-refractivity contribution is 6.10. The third kappa shape index (κ3) is 5.77. The molecule has 2 aromatic carbocycles. The van der Waals surface area contributed by atoms with Crippen LogP contribution in [-0.4, -0.2) is 66.7 Å². The summed E-state index contributed by atoms with van der Waals surface area (Å²) in [5.41, 5.74) is -1.30. The third-order valence-electron chi connectivity index (χ3n) is 8.28. The van der Waals surface area contributed by atoms with Crippen molar-refractivity contribution in [3.8, 4) is 0 Å². The lowest BCUT2D eigenvalue weighted by Crippen LogP contribution is -2.55. The number of hydrogen-bond acceptors (Lipinski definition) is 5. The van der Waals surface area contributed by atoms with Crippen LogP contribution in [0, 0.1) is 17.2 Å². The predicted octanol–water partition coefficient (Wildman–Crippen LogP) is 3.71. The first kappa shape index (κ1) is 31.1. The van der Waals surface area contributed by atoms with E-state index in [-0.39, 0.29) is 37.7 Å².